The SMILES string of the molecule is O=C1CCC(=S)N1CCCCCCCN1C(=O)CCC1=S. The minimum Gasteiger partial charge on any atom is -0.307 e. The van der Waals surface area contributed by atoms with Gasteiger partial charge in [0.2, 0.25) is 11.8 Å². The highest BCUT2D eigenvalue weighted by molar-refractivity contribution is 7.80. The molecule has 2 amide bonds. The molecule has 2 heterocycles. The summed E-state index contributed by atoms with van der Waals surface area (Å²) in [6, 6.07) is 0. The Bertz CT molecular complexity index is 379. The fourth-order valence-electron chi connectivity index (χ4n) is 2.81. The van der Waals surface area contributed by atoms with Crippen LogP contribution in [0.4, 0.5) is 0 Å². The van der Waals surface area contributed by atoms with Crippen LogP contribution in [-0.2, 0) is 9.59 Å². The molecule has 0 N–H and O–H groups in total. The fourth-order valence-corrected chi connectivity index (χ4v) is 3.41. The number of amides is 2. The standard InChI is InChI=1S/C15H22N2O2S2/c18-12-6-8-14(20)16(12)10-4-2-1-3-5-11-17-13(19)7-9-15(17)21/h1-11H2. The minimum atomic E-state index is 0.182. The van der Waals surface area contributed by atoms with E-state index in [1.165, 1.54) is 0 Å². The van der Waals surface area contributed by atoms with E-state index >= 15 is 0 Å². The zero-order chi connectivity index (χ0) is 15.2. The Balaban J connectivity index is 1.51. The Morgan fingerprint density at radius 2 is 1.05 bits per heavy atom. The van der Waals surface area contributed by atoms with Crippen molar-refractivity contribution < 1.29 is 9.59 Å². The minimum absolute atomic E-state index is 0.182. The molecule has 21 heavy (non-hydrogen) atoms. The Morgan fingerprint density at radius 1 is 0.667 bits per heavy atom. The third kappa shape index (κ3) is 4.54. The molecule has 4 nitrogen and oxygen atoms in total. The van der Waals surface area contributed by atoms with Gasteiger partial charge in [0.1, 0.15) is 0 Å². The summed E-state index contributed by atoms with van der Waals surface area (Å²) < 4.78 is 0. The number of hydrogen-bond acceptors (Lipinski definition) is 4. The zero-order valence-electron chi connectivity index (χ0n) is 12.3. The van der Waals surface area contributed by atoms with Crippen molar-refractivity contribution in [2.45, 2.75) is 57.8 Å². The molecule has 116 valence electrons. The van der Waals surface area contributed by atoms with E-state index < -0.39 is 0 Å². The smallest absolute Gasteiger partial charge is 0.227 e. The maximum absolute atomic E-state index is 11.5. The Hall–Kier alpha value is -0.880. The van der Waals surface area contributed by atoms with Gasteiger partial charge in [-0.05, 0) is 12.8 Å². The van der Waals surface area contributed by atoms with Crippen molar-refractivity contribution in [1.82, 2.24) is 9.80 Å². The molecule has 2 aliphatic rings. The van der Waals surface area contributed by atoms with Crippen molar-refractivity contribution in [3.63, 3.8) is 0 Å². The molecule has 0 aromatic heterocycles. The van der Waals surface area contributed by atoms with Crippen LogP contribution in [0.2, 0.25) is 0 Å². The molecule has 2 saturated heterocycles. The van der Waals surface area contributed by atoms with Gasteiger partial charge < -0.3 is 9.80 Å². The van der Waals surface area contributed by atoms with Gasteiger partial charge in [-0.1, -0.05) is 43.7 Å². The van der Waals surface area contributed by atoms with Gasteiger partial charge in [0.15, 0.2) is 0 Å². The summed E-state index contributed by atoms with van der Waals surface area (Å²) in [5, 5.41) is 0. The molecule has 2 rings (SSSR count). The molecule has 0 radical (unpaired) electrons. The molecule has 0 saturated carbocycles. The number of carbonyl (C=O) groups is 2. The van der Waals surface area contributed by atoms with E-state index in [9.17, 15) is 9.59 Å². The monoisotopic (exact) mass is 326 g/mol. The topological polar surface area (TPSA) is 40.6 Å². The third-order valence-electron chi connectivity index (χ3n) is 4.07. The number of unbranched alkanes of at least 4 members (excludes halogenated alkanes) is 4. The van der Waals surface area contributed by atoms with Crippen molar-refractivity contribution in [3.8, 4) is 0 Å². The van der Waals surface area contributed by atoms with Crippen LogP contribution in [0.3, 0.4) is 0 Å². The molecular weight excluding hydrogens is 304 g/mol. The molecule has 0 unspecified atom stereocenters. The molecule has 0 aromatic carbocycles. The largest absolute Gasteiger partial charge is 0.307 e. The Morgan fingerprint density at radius 3 is 1.38 bits per heavy atom. The molecule has 2 aliphatic heterocycles. The Labute approximate surface area is 136 Å². The lowest BCUT2D eigenvalue weighted by molar-refractivity contribution is -0.126. The van der Waals surface area contributed by atoms with Crippen molar-refractivity contribution in [1.29, 1.82) is 0 Å². The summed E-state index contributed by atoms with van der Waals surface area (Å²) >= 11 is 10.4. The van der Waals surface area contributed by atoms with Crippen molar-refractivity contribution in [2.75, 3.05) is 13.1 Å². The molecular formula is C15H22N2O2S2. The first kappa shape index (κ1) is 16.5. The third-order valence-corrected chi connectivity index (χ3v) is 4.92. The zero-order valence-corrected chi connectivity index (χ0v) is 13.9. The second kappa shape index (κ2) is 7.94. The summed E-state index contributed by atoms with van der Waals surface area (Å²) in [6.45, 7) is 1.54. The van der Waals surface area contributed by atoms with Crippen molar-refractivity contribution >= 4 is 46.2 Å². The predicted molar refractivity (Wildman–Crippen MR) is 90.2 cm³/mol. The first-order chi connectivity index (χ1) is 10.1. The van der Waals surface area contributed by atoms with E-state index in [2.05, 4.69) is 0 Å². The van der Waals surface area contributed by atoms with Gasteiger partial charge in [-0.25, -0.2) is 0 Å². The van der Waals surface area contributed by atoms with E-state index in [1.807, 2.05) is 0 Å². The first-order valence-corrected chi connectivity index (χ1v) is 8.57. The number of thiocarbonyl (C=S) groups is 2. The number of likely N-dealkylation sites (tertiary alicyclic amines) is 2. The molecule has 6 heteroatoms. The fraction of sp³-hybridized carbons (Fsp3) is 0.733. The lowest BCUT2D eigenvalue weighted by atomic mass is 10.1. The normalized spacial score (nSPS) is 19.2. The van der Waals surface area contributed by atoms with Crippen LogP contribution in [0.5, 0.6) is 0 Å². The lowest BCUT2D eigenvalue weighted by Crippen LogP contribution is -2.29. The average Bonchev–Trinajstić information content (AvgIpc) is 2.94. The summed E-state index contributed by atoms with van der Waals surface area (Å²) in [5.74, 6) is 0.363. The lowest BCUT2D eigenvalue weighted by Gasteiger charge is -2.16. The van der Waals surface area contributed by atoms with Crippen molar-refractivity contribution in [2.24, 2.45) is 0 Å². The van der Waals surface area contributed by atoms with Crippen LogP contribution in [0.1, 0.15) is 57.8 Å². The van der Waals surface area contributed by atoms with E-state index in [0.717, 1.165) is 68.0 Å². The van der Waals surface area contributed by atoms with Gasteiger partial charge in [-0.15, -0.1) is 0 Å². The highest BCUT2D eigenvalue weighted by Crippen LogP contribution is 2.16. The molecule has 0 aliphatic carbocycles. The number of nitrogens with zero attached hydrogens (tertiary/aromatic N) is 2. The number of carbonyl (C=O) groups excluding carboxylic acids is 2. The molecule has 2 fully saturated rings. The van der Waals surface area contributed by atoms with E-state index in [-0.39, 0.29) is 11.8 Å². The van der Waals surface area contributed by atoms with Crippen molar-refractivity contribution in [3.05, 3.63) is 0 Å². The van der Waals surface area contributed by atoms with E-state index in [0.29, 0.717) is 12.8 Å². The Kier molecular flexibility index (Phi) is 6.23. The second-order valence-corrected chi connectivity index (χ2v) is 6.59. The highest BCUT2D eigenvalue weighted by atomic mass is 32.1. The maximum Gasteiger partial charge on any atom is 0.227 e. The van der Waals surface area contributed by atoms with Gasteiger partial charge in [0, 0.05) is 38.8 Å². The van der Waals surface area contributed by atoms with Crippen LogP contribution >= 0.6 is 24.4 Å². The molecule has 0 spiro atoms. The van der Waals surface area contributed by atoms with Crippen LogP contribution in [0.25, 0.3) is 0 Å². The molecule has 0 aromatic rings. The quantitative estimate of drug-likeness (QED) is 0.508. The number of rotatable bonds is 8. The highest BCUT2D eigenvalue weighted by Gasteiger charge is 2.25. The first-order valence-electron chi connectivity index (χ1n) is 7.76. The van der Waals surface area contributed by atoms with Gasteiger partial charge in [0.25, 0.3) is 0 Å². The second-order valence-electron chi connectivity index (χ2n) is 5.65. The predicted octanol–water partition coefficient (Wildman–Crippen LogP) is 2.84. The molecule has 0 atom stereocenters. The van der Waals surface area contributed by atoms with Crippen LogP contribution in [-0.4, -0.2) is 44.7 Å². The van der Waals surface area contributed by atoms with Gasteiger partial charge >= 0.3 is 0 Å². The van der Waals surface area contributed by atoms with E-state index in [4.69, 9.17) is 24.4 Å². The number of hydrogen-bond donors (Lipinski definition) is 0. The summed E-state index contributed by atoms with van der Waals surface area (Å²) in [6.07, 6.45) is 8.01. The summed E-state index contributed by atoms with van der Waals surface area (Å²) in [7, 11) is 0. The average molecular weight is 326 g/mol. The van der Waals surface area contributed by atoms with E-state index in [1.54, 1.807) is 9.80 Å². The maximum atomic E-state index is 11.5. The van der Waals surface area contributed by atoms with Crippen LogP contribution < -0.4 is 0 Å². The summed E-state index contributed by atoms with van der Waals surface area (Å²) in [5.41, 5.74) is 0. The van der Waals surface area contributed by atoms with Gasteiger partial charge in [-0.3, -0.25) is 9.59 Å². The molecule has 0 bridgehead atoms. The van der Waals surface area contributed by atoms with Gasteiger partial charge in [-0.2, -0.15) is 0 Å². The van der Waals surface area contributed by atoms with Crippen LogP contribution in [0.15, 0.2) is 0 Å². The summed E-state index contributed by atoms with van der Waals surface area (Å²) in [4.78, 5) is 28.2. The van der Waals surface area contributed by atoms with Gasteiger partial charge in [0.05, 0.1) is 9.98 Å². The van der Waals surface area contributed by atoms with Crippen LogP contribution in [0, 0.1) is 0 Å².